The van der Waals surface area contributed by atoms with E-state index >= 15 is 0 Å². The maximum absolute atomic E-state index is 13.3. The molecule has 0 N–H and O–H groups in total. The topological polar surface area (TPSA) is 35.5 Å². The molecule has 0 fully saturated rings. The molecule has 0 atom stereocenters. The second kappa shape index (κ2) is 4.29. The predicted molar refractivity (Wildman–Crippen MR) is 51.8 cm³/mol. The number of ether oxygens (including phenoxy) is 2. The van der Waals surface area contributed by atoms with Crippen molar-refractivity contribution in [3.63, 3.8) is 0 Å². The Morgan fingerprint density at radius 2 is 2.00 bits per heavy atom. The number of halogens is 1. The van der Waals surface area contributed by atoms with E-state index in [0.717, 1.165) is 11.8 Å². The van der Waals surface area contributed by atoms with Gasteiger partial charge in [-0.25, -0.2) is 4.39 Å². The van der Waals surface area contributed by atoms with Gasteiger partial charge >= 0.3 is 0 Å². The maximum Gasteiger partial charge on any atom is 0.197 e. The van der Waals surface area contributed by atoms with Crippen molar-refractivity contribution in [2.45, 2.75) is 12.8 Å². The zero-order valence-corrected chi connectivity index (χ0v) is 8.16. The molecule has 0 aromatic heterocycles. The molecule has 1 aliphatic heterocycles. The van der Waals surface area contributed by atoms with Gasteiger partial charge in [-0.15, -0.1) is 0 Å². The first-order valence-corrected chi connectivity index (χ1v) is 4.83. The minimum absolute atomic E-state index is 0.171. The van der Waals surface area contributed by atoms with Crippen molar-refractivity contribution in [3.05, 3.63) is 23.5 Å². The lowest BCUT2D eigenvalue weighted by Crippen LogP contribution is -2.17. The number of rotatable bonds is 3. The van der Waals surface area contributed by atoms with Crippen LogP contribution >= 0.6 is 0 Å². The van der Waals surface area contributed by atoms with Gasteiger partial charge in [0, 0.05) is 6.42 Å². The Balaban J connectivity index is 2.34. The molecule has 0 spiro atoms. The molecule has 0 aliphatic carbocycles. The fourth-order valence-corrected chi connectivity index (χ4v) is 1.57. The Bertz CT molecular complexity index is 376. The van der Waals surface area contributed by atoms with Gasteiger partial charge in [0.25, 0.3) is 0 Å². The molecule has 1 aromatic rings. The summed E-state index contributed by atoms with van der Waals surface area (Å²) < 4.78 is 23.8. The molecule has 0 radical (unpaired) electrons. The number of aldehydes is 1. The lowest BCUT2D eigenvalue weighted by molar-refractivity contribution is -0.107. The van der Waals surface area contributed by atoms with Crippen LogP contribution in [0, 0.1) is 5.82 Å². The van der Waals surface area contributed by atoms with Gasteiger partial charge in [-0.2, -0.15) is 0 Å². The van der Waals surface area contributed by atoms with Crippen LogP contribution in [0.5, 0.6) is 11.5 Å². The average Bonchev–Trinajstić information content (AvgIpc) is 2.29. The molecule has 1 aliphatic rings. The number of fused-ring (bicyclic) bond motifs is 1. The maximum atomic E-state index is 13.3. The van der Waals surface area contributed by atoms with Gasteiger partial charge in [0.2, 0.25) is 0 Å². The molecule has 3 nitrogen and oxygen atoms in total. The first-order valence-electron chi connectivity index (χ1n) is 4.83. The van der Waals surface area contributed by atoms with E-state index in [1.807, 2.05) is 0 Å². The Morgan fingerprint density at radius 3 is 2.73 bits per heavy atom. The lowest BCUT2D eigenvalue weighted by atomic mass is 10.1. The summed E-state index contributed by atoms with van der Waals surface area (Å²) >= 11 is 0. The average molecular weight is 210 g/mol. The summed E-state index contributed by atoms with van der Waals surface area (Å²) in [5.41, 5.74) is 0.818. The van der Waals surface area contributed by atoms with Crippen molar-refractivity contribution in [2.24, 2.45) is 0 Å². The highest BCUT2D eigenvalue weighted by atomic mass is 19.1. The van der Waals surface area contributed by atoms with Crippen LogP contribution in [0.1, 0.15) is 12.0 Å². The van der Waals surface area contributed by atoms with Crippen LogP contribution in [0.4, 0.5) is 4.39 Å². The number of carbonyl (C=O) groups excluding carboxylic acids is 1. The van der Waals surface area contributed by atoms with Gasteiger partial charge in [0.15, 0.2) is 17.3 Å². The number of carbonyl (C=O) groups is 1. The van der Waals surface area contributed by atoms with Gasteiger partial charge in [0.05, 0.1) is 0 Å². The zero-order chi connectivity index (χ0) is 10.7. The summed E-state index contributed by atoms with van der Waals surface area (Å²) in [6.07, 6.45) is 1.79. The first kappa shape index (κ1) is 9.96. The second-order valence-electron chi connectivity index (χ2n) is 3.27. The summed E-state index contributed by atoms with van der Waals surface area (Å²) in [5, 5.41) is 0. The Hall–Kier alpha value is -1.58. The number of aryl methyl sites for hydroxylation is 1. The lowest BCUT2D eigenvalue weighted by Gasteiger charge is -2.21. The molecule has 0 saturated carbocycles. The van der Waals surface area contributed by atoms with Crippen LogP contribution in [0.25, 0.3) is 0 Å². The SMILES string of the molecule is O=CCCc1ccc(F)c2c1OCCO2. The fourth-order valence-electron chi connectivity index (χ4n) is 1.57. The van der Waals surface area contributed by atoms with Crippen molar-refractivity contribution in [1.82, 2.24) is 0 Å². The molecule has 4 heteroatoms. The fraction of sp³-hybridized carbons (Fsp3) is 0.364. The molecule has 2 rings (SSSR count). The van der Waals surface area contributed by atoms with Gasteiger partial charge < -0.3 is 14.3 Å². The van der Waals surface area contributed by atoms with Crippen LogP contribution in [-0.2, 0) is 11.2 Å². The molecular weight excluding hydrogens is 199 g/mol. The Morgan fingerprint density at radius 1 is 1.27 bits per heavy atom. The Kier molecular flexibility index (Phi) is 2.85. The van der Waals surface area contributed by atoms with Crippen molar-refractivity contribution < 1.29 is 18.7 Å². The Labute approximate surface area is 86.8 Å². The zero-order valence-electron chi connectivity index (χ0n) is 8.16. The van der Waals surface area contributed by atoms with Gasteiger partial charge in [0.1, 0.15) is 19.5 Å². The van der Waals surface area contributed by atoms with Crippen molar-refractivity contribution in [2.75, 3.05) is 13.2 Å². The molecule has 0 amide bonds. The van der Waals surface area contributed by atoms with E-state index in [0.29, 0.717) is 31.8 Å². The van der Waals surface area contributed by atoms with E-state index in [1.54, 1.807) is 6.07 Å². The van der Waals surface area contributed by atoms with Crippen molar-refractivity contribution >= 4 is 6.29 Å². The standard InChI is InChI=1S/C11H11FO3/c12-9-4-3-8(2-1-5-13)10-11(9)15-7-6-14-10/h3-5H,1-2,6-7H2. The van der Waals surface area contributed by atoms with Crippen molar-refractivity contribution in [1.29, 1.82) is 0 Å². The van der Waals surface area contributed by atoms with E-state index in [1.165, 1.54) is 6.07 Å². The number of hydrogen-bond acceptors (Lipinski definition) is 3. The third-order valence-corrected chi connectivity index (χ3v) is 2.25. The minimum Gasteiger partial charge on any atom is -0.486 e. The van der Waals surface area contributed by atoms with Gasteiger partial charge in [-0.05, 0) is 18.1 Å². The van der Waals surface area contributed by atoms with E-state index in [-0.39, 0.29) is 5.75 Å². The highest BCUT2D eigenvalue weighted by Gasteiger charge is 2.19. The van der Waals surface area contributed by atoms with E-state index < -0.39 is 5.82 Å². The summed E-state index contributed by atoms with van der Waals surface area (Å²) in [6.45, 7) is 0.783. The van der Waals surface area contributed by atoms with Crippen LogP contribution in [0.15, 0.2) is 12.1 Å². The van der Waals surface area contributed by atoms with E-state index in [9.17, 15) is 9.18 Å². The first-order chi connectivity index (χ1) is 7.33. The number of benzene rings is 1. The van der Waals surface area contributed by atoms with Crippen molar-refractivity contribution in [3.8, 4) is 11.5 Å². The van der Waals surface area contributed by atoms with Crippen LogP contribution in [-0.4, -0.2) is 19.5 Å². The van der Waals surface area contributed by atoms with Crippen LogP contribution < -0.4 is 9.47 Å². The number of hydrogen-bond donors (Lipinski definition) is 0. The molecule has 15 heavy (non-hydrogen) atoms. The third-order valence-electron chi connectivity index (χ3n) is 2.25. The highest BCUT2D eigenvalue weighted by molar-refractivity contribution is 5.53. The smallest absolute Gasteiger partial charge is 0.197 e. The molecule has 80 valence electrons. The third kappa shape index (κ3) is 1.93. The van der Waals surface area contributed by atoms with E-state index in [2.05, 4.69) is 0 Å². The van der Waals surface area contributed by atoms with Crippen LogP contribution in [0.3, 0.4) is 0 Å². The molecule has 1 aromatic carbocycles. The predicted octanol–water partition coefficient (Wildman–Crippen LogP) is 1.73. The van der Waals surface area contributed by atoms with Crippen LogP contribution in [0.2, 0.25) is 0 Å². The van der Waals surface area contributed by atoms with Gasteiger partial charge in [-0.3, -0.25) is 0 Å². The highest BCUT2D eigenvalue weighted by Crippen LogP contribution is 2.36. The minimum atomic E-state index is -0.417. The molecule has 0 unspecified atom stereocenters. The molecular formula is C11H11FO3. The quantitative estimate of drug-likeness (QED) is 0.713. The monoisotopic (exact) mass is 210 g/mol. The normalized spacial score (nSPS) is 13.7. The van der Waals surface area contributed by atoms with E-state index in [4.69, 9.17) is 9.47 Å². The summed E-state index contributed by atoms with van der Waals surface area (Å²) in [4.78, 5) is 10.3. The molecule has 1 heterocycles. The van der Waals surface area contributed by atoms with Gasteiger partial charge in [-0.1, -0.05) is 6.07 Å². The second-order valence-corrected chi connectivity index (χ2v) is 3.27. The summed E-state index contributed by atoms with van der Waals surface area (Å²) in [6, 6.07) is 2.97. The molecule has 0 bridgehead atoms. The largest absolute Gasteiger partial charge is 0.486 e. The molecule has 0 saturated heterocycles. The summed E-state index contributed by atoms with van der Waals surface area (Å²) in [7, 11) is 0. The summed E-state index contributed by atoms with van der Waals surface area (Å²) in [5.74, 6) is 0.201.